The third-order valence-corrected chi connectivity index (χ3v) is 2.27. The summed E-state index contributed by atoms with van der Waals surface area (Å²) in [6, 6.07) is 10.4. The van der Waals surface area contributed by atoms with E-state index in [4.69, 9.17) is 10.2 Å². The molecule has 0 spiro atoms. The highest BCUT2D eigenvalue weighted by molar-refractivity contribution is 5.14. The molecule has 0 aliphatic rings. The molecule has 0 heterocycles. The van der Waals surface area contributed by atoms with E-state index in [1.807, 2.05) is 18.2 Å². The van der Waals surface area contributed by atoms with Crippen molar-refractivity contribution < 1.29 is 10.2 Å². The zero-order valence-electron chi connectivity index (χ0n) is 8.39. The lowest BCUT2D eigenvalue weighted by Crippen LogP contribution is -2.03. The van der Waals surface area contributed by atoms with Crippen LogP contribution in [-0.2, 0) is 6.42 Å². The average molecular weight is 194 g/mol. The molecule has 2 heteroatoms. The number of hydrogen-bond acceptors (Lipinski definition) is 2. The van der Waals surface area contributed by atoms with Crippen LogP contribution >= 0.6 is 0 Å². The SMILES string of the molecule is OC(O)CCCCCc1ccccc1. The fraction of sp³-hybridized carbons (Fsp3) is 0.500. The van der Waals surface area contributed by atoms with Crippen molar-refractivity contribution in [3.8, 4) is 0 Å². The monoisotopic (exact) mass is 194 g/mol. The van der Waals surface area contributed by atoms with Crippen molar-refractivity contribution in [2.45, 2.75) is 38.4 Å². The van der Waals surface area contributed by atoms with Gasteiger partial charge in [0.2, 0.25) is 0 Å². The molecule has 0 aromatic heterocycles. The topological polar surface area (TPSA) is 40.5 Å². The van der Waals surface area contributed by atoms with Gasteiger partial charge in [-0.15, -0.1) is 0 Å². The molecule has 2 nitrogen and oxygen atoms in total. The van der Waals surface area contributed by atoms with Crippen LogP contribution in [0.2, 0.25) is 0 Å². The van der Waals surface area contributed by atoms with Crippen molar-refractivity contribution in [1.29, 1.82) is 0 Å². The summed E-state index contributed by atoms with van der Waals surface area (Å²) in [5, 5.41) is 17.2. The number of aliphatic hydroxyl groups excluding tert-OH is 1. The number of benzene rings is 1. The van der Waals surface area contributed by atoms with Gasteiger partial charge in [-0.2, -0.15) is 0 Å². The molecule has 0 aliphatic carbocycles. The van der Waals surface area contributed by atoms with Gasteiger partial charge in [0.1, 0.15) is 0 Å². The van der Waals surface area contributed by atoms with Gasteiger partial charge in [0, 0.05) is 0 Å². The lowest BCUT2D eigenvalue weighted by atomic mass is 10.1. The van der Waals surface area contributed by atoms with E-state index in [1.165, 1.54) is 5.56 Å². The standard InChI is InChI=1S/C12H18O2/c13-12(14)10-6-2-5-9-11-7-3-1-4-8-11/h1,3-4,7-8,12-14H,2,5-6,9-10H2. The molecule has 1 aromatic carbocycles. The highest BCUT2D eigenvalue weighted by Gasteiger charge is 1.97. The molecule has 0 unspecified atom stereocenters. The van der Waals surface area contributed by atoms with Crippen LogP contribution in [0.25, 0.3) is 0 Å². The fourth-order valence-electron chi connectivity index (χ4n) is 1.48. The van der Waals surface area contributed by atoms with Crippen LogP contribution < -0.4 is 0 Å². The summed E-state index contributed by atoms with van der Waals surface area (Å²) in [5.41, 5.74) is 1.36. The molecule has 0 fully saturated rings. The fourth-order valence-corrected chi connectivity index (χ4v) is 1.48. The average Bonchev–Trinajstić information content (AvgIpc) is 2.18. The summed E-state index contributed by atoms with van der Waals surface area (Å²) >= 11 is 0. The first-order valence-electron chi connectivity index (χ1n) is 5.19. The molecule has 0 aliphatic heterocycles. The molecule has 0 bridgehead atoms. The van der Waals surface area contributed by atoms with E-state index in [0.717, 1.165) is 25.7 Å². The summed E-state index contributed by atoms with van der Waals surface area (Å²) in [4.78, 5) is 0. The van der Waals surface area contributed by atoms with Crippen molar-refractivity contribution >= 4 is 0 Å². The first-order chi connectivity index (χ1) is 6.79. The predicted molar refractivity (Wildman–Crippen MR) is 56.8 cm³/mol. The molecular formula is C12H18O2. The Morgan fingerprint density at radius 2 is 1.64 bits per heavy atom. The van der Waals surface area contributed by atoms with Gasteiger partial charge in [-0.3, -0.25) is 0 Å². The summed E-state index contributed by atoms with van der Waals surface area (Å²) in [6.07, 6.45) is 3.52. The summed E-state index contributed by atoms with van der Waals surface area (Å²) < 4.78 is 0. The van der Waals surface area contributed by atoms with E-state index < -0.39 is 6.29 Å². The van der Waals surface area contributed by atoms with Crippen molar-refractivity contribution in [2.75, 3.05) is 0 Å². The quantitative estimate of drug-likeness (QED) is 0.538. The van der Waals surface area contributed by atoms with Gasteiger partial charge in [0.25, 0.3) is 0 Å². The van der Waals surface area contributed by atoms with E-state index in [9.17, 15) is 0 Å². The van der Waals surface area contributed by atoms with Crippen molar-refractivity contribution in [1.82, 2.24) is 0 Å². The third kappa shape index (κ3) is 5.00. The Morgan fingerprint density at radius 1 is 0.929 bits per heavy atom. The van der Waals surface area contributed by atoms with Gasteiger partial charge in [-0.05, 0) is 31.2 Å². The maximum Gasteiger partial charge on any atom is 0.151 e. The minimum absolute atomic E-state index is 0.495. The van der Waals surface area contributed by atoms with E-state index in [1.54, 1.807) is 0 Å². The largest absolute Gasteiger partial charge is 0.368 e. The first kappa shape index (κ1) is 11.2. The molecule has 2 N–H and O–H groups in total. The Hall–Kier alpha value is -0.860. The van der Waals surface area contributed by atoms with Crippen molar-refractivity contribution in [3.05, 3.63) is 35.9 Å². The van der Waals surface area contributed by atoms with Gasteiger partial charge in [-0.1, -0.05) is 36.8 Å². The van der Waals surface area contributed by atoms with Crippen LogP contribution in [0.5, 0.6) is 0 Å². The van der Waals surface area contributed by atoms with Crippen molar-refractivity contribution in [2.24, 2.45) is 0 Å². The summed E-state index contributed by atoms with van der Waals surface area (Å²) in [7, 11) is 0. The Labute approximate surface area is 85.2 Å². The van der Waals surface area contributed by atoms with Crippen LogP contribution in [-0.4, -0.2) is 16.5 Å². The number of aliphatic hydroxyl groups is 2. The molecular weight excluding hydrogens is 176 g/mol. The molecule has 0 radical (unpaired) electrons. The minimum Gasteiger partial charge on any atom is -0.368 e. The van der Waals surface area contributed by atoms with E-state index in [0.29, 0.717) is 6.42 Å². The Bertz CT molecular complexity index is 231. The number of hydrogen-bond donors (Lipinski definition) is 2. The highest BCUT2D eigenvalue weighted by Crippen LogP contribution is 2.08. The van der Waals surface area contributed by atoms with Crippen LogP contribution in [0.15, 0.2) is 30.3 Å². The normalized spacial score (nSPS) is 10.8. The van der Waals surface area contributed by atoms with Crippen LogP contribution in [0, 0.1) is 0 Å². The molecule has 0 saturated carbocycles. The maximum atomic E-state index is 8.62. The van der Waals surface area contributed by atoms with Gasteiger partial charge in [0.15, 0.2) is 6.29 Å². The summed E-state index contributed by atoms with van der Waals surface area (Å²) in [5.74, 6) is 0. The van der Waals surface area contributed by atoms with E-state index >= 15 is 0 Å². The summed E-state index contributed by atoms with van der Waals surface area (Å²) in [6.45, 7) is 0. The second-order valence-electron chi connectivity index (χ2n) is 3.57. The van der Waals surface area contributed by atoms with E-state index in [-0.39, 0.29) is 0 Å². The molecule has 1 rings (SSSR count). The van der Waals surface area contributed by atoms with Gasteiger partial charge in [0.05, 0.1) is 0 Å². The minimum atomic E-state index is -1.13. The first-order valence-corrected chi connectivity index (χ1v) is 5.19. The van der Waals surface area contributed by atoms with E-state index in [2.05, 4.69) is 12.1 Å². The maximum absolute atomic E-state index is 8.62. The Morgan fingerprint density at radius 3 is 2.29 bits per heavy atom. The predicted octanol–water partition coefficient (Wildman–Crippen LogP) is 2.10. The molecule has 0 amide bonds. The van der Waals surface area contributed by atoms with Gasteiger partial charge >= 0.3 is 0 Å². The smallest absolute Gasteiger partial charge is 0.151 e. The van der Waals surface area contributed by atoms with Crippen LogP contribution in [0.3, 0.4) is 0 Å². The lowest BCUT2D eigenvalue weighted by molar-refractivity contribution is -0.0465. The third-order valence-electron chi connectivity index (χ3n) is 2.27. The second kappa shape index (κ2) is 6.57. The zero-order valence-corrected chi connectivity index (χ0v) is 8.39. The molecule has 1 aromatic rings. The molecule has 0 saturated heterocycles. The Balaban J connectivity index is 2.05. The highest BCUT2D eigenvalue weighted by atomic mass is 16.5. The van der Waals surface area contributed by atoms with Gasteiger partial charge in [-0.25, -0.2) is 0 Å². The number of aryl methyl sites for hydroxylation is 1. The van der Waals surface area contributed by atoms with Crippen molar-refractivity contribution in [3.63, 3.8) is 0 Å². The molecule has 78 valence electrons. The number of unbranched alkanes of at least 4 members (excludes halogenated alkanes) is 2. The lowest BCUT2D eigenvalue weighted by Gasteiger charge is -2.03. The second-order valence-corrected chi connectivity index (χ2v) is 3.57. The zero-order chi connectivity index (χ0) is 10.2. The number of rotatable bonds is 6. The van der Waals surface area contributed by atoms with Gasteiger partial charge < -0.3 is 10.2 Å². The van der Waals surface area contributed by atoms with Crippen LogP contribution in [0.4, 0.5) is 0 Å². The van der Waals surface area contributed by atoms with Crippen LogP contribution in [0.1, 0.15) is 31.2 Å². The molecule has 14 heavy (non-hydrogen) atoms. The molecule has 0 atom stereocenters. The Kier molecular flexibility index (Phi) is 5.27.